The first kappa shape index (κ1) is 17.2. The van der Waals surface area contributed by atoms with Crippen LogP contribution in [0.1, 0.15) is 29.3 Å². The maximum absolute atomic E-state index is 12.8. The summed E-state index contributed by atoms with van der Waals surface area (Å²) in [5, 5.41) is 8.72. The van der Waals surface area contributed by atoms with Crippen LogP contribution in [0.2, 0.25) is 0 Å². The van der Waals surface area contributed by atoms with Gasteiger partial charge >= 0.3 is 0 Å². The van der Waals surface area contributed by atoms with Crippen molar-refractivity contribution in [1.29, 1.82) is 0 Å². The number of hydroxylamine groups is 1. The molecular weight excluding hydrogens is 326 g/mol. The summed E-state index contributed by atoms with van der Waals surface area (Å²) in [6.07, 6.45) is 0.679. The second-order valence-electron chi connectivity index (χ2n) is 6.32. The normalized spacial score (nSPS) is 19.7. The molecule has 1 saturated heterocycles. The van der Waals surface area contributed by atoms with E-state index in [0.29, 0.717) is 45.0 Å². The monoisotopic (exact) mass is 347 g/mol. The van der Waals surface area contributed by atoms with Gasteiger partial charge in [-0.1, -0.05) is 6.07 Å². The molecule has 0 spiro atoms. The van der Waals surface area contributed by atoms with Crippen molar-refractivity contribution in [1.82, 2.24) is 15.3 Å². The van der Waals surface area contributed by atoms with Gasteiger partial charge in [0.2, 0.25) is 11.8 Å². The Labute approximate surface area is 145 Å². The maximum atomic E-state index is 12.8. The van der Waals surface area contributed by atoms with E-state index in [0.717, 1.165) is 5.56 Å². The fourth-order valence-corrected chi connectivity index (χ4v) is 3.27. The smallest absolute Gasteiger partial charge is 0.274 e. The highest BCUT2D eigenvalue weighted by Crippen LogP contribution is 2.27. The standard InChI is InChI=1S/C17H21N3O5/c1-11(21)19-5-4-14(10-19)17(23)20-6-7-25-15-8-12(16(22)18-24)2-3-13(15)9-20/h2-3,8,14,24H,4-7,9-10H2,1H3,(H,18,22). The average molecular weight is 347 g/mol. The molecule has 134 valence electrons. The number of nitrogens with zero attached hydrogens (tertiary/aromatic N) is 2. The van der Waals surface area contributed by atoms with Crippen molar-refractivity contribution in [3.63, 3.8) is 0 Å². The van der Waals surface area contributed by atoms with Crippen molar-refractivity contribution >= 4 is 17.7 Å². The van der Waals surface area contributed by atoms with Gasteiger partial charge < -0.3 is 14.5 Å². The number of rotatable bonds is 2. The number of benzene rings is 1. The molecule has 2 aliphatic rings. The fourth-order valence-electron chi connectivity index (χ4n) is 3.27. The van der Waals surface area contributed by atoms with Gasteiger partial charge in [0.25, 0.3) is 5.91 Å². The lowest BCUT2D eigenvalue weighted by Gasteiger charge is -2.23. The van der Waals surface area contributed by atoms with Crippen molar-refractivity contribution in [2.24, 2.45) is 5.92 Å². The summed E-state index contributed by atoms with van der Waals surface area (Å²) < 4.78 is 5.67. The van der Waals surface area contributed by atoms with E-state index in [4.69, 9.17) is 9.94 Å². The largest absolute Gasteiger partial charge is 0.491 e. The minimum atomic E-state index is -0.612. The van der Waals surface area contributed by atoms with Gasteiger partial charge in [-0.25, -0.2) is 5.48 Å². The summed E-state index contributed by atoms with van der Waals surface area (Å²) in [6, 6.07) is 4.86. The predicted octanol–water partition coefficient (Wildman–Crippen LogP) is 0.395. The SMILES string of the molecule is CC(=O)N1CCC(C(=O)N2CCOc3cc(C(=O)NO)ccc3C2)C1. The summed E-state index contributed by atoms with van der Waals surface area (Å²) in [7, 11) is 0. The van der Waals surface area contributed by atoms with Gasteiger partial charge in [-0.05, 0) is 18.6 Å². The van der Waals surface area contributed by atoms with Crippen molar-refractivity contribution in [3.05, 3.63) is 29.3 Å². The van der Waals surface area contributed by atoms with Gasteiger partial charge in [-0.2, -0.15) is 0 Å². The number of carbonyl (C=O) groups excluding carboxylic acids is 3. The highest BCUT2D eigenvalue weighted by Gasteiger charge is 2.33. The molecule has 2 heterocycles. The molecule has 0 saturated carbocycles. The van der Waals surface area contributed by atoms with Crippen LogP contribution < -0.4 is 10.2 Å². The molecule has 1 unspecified atom stereocenters. The van der Waals surface area contributed by atoms with Crippen LogP contribution in [-0.2, 0) is 16.1 Å². The number of hydrogen-bond acceptors (Lipinski definition) is 5. The van der Waals surface area contributed by atoms with Gasteiger partial charge in [-0.15, -0.1) is 0 Å². The van der Waals surface area contributed by atoms with Gasteiger partial charge in [0.15, 0.2) is 0 Å². The molecule has 3 rings (SSSR count). The van der Waals surface area contributed by atoms with Gasteiger partial charge in [0.1, 0.15) is 12.4 Å². The lowest BCUT2D eigenvalue weighted by Crippen LogP contribution is -2.38. The Balaban J connectivity index is 1.72. The molecule has 0 bridgehead atoms. The van der Waals surface area contributed by atoms with E-state index in [1.807, 2.05) is 0 Å². The fraction of sp³-hybridized carbons (Fsp3) is 0.471. The number of amides is 3. The van der Waals surface area contributed by atoms with Gasteiger partial charge in [0.05, 0.1) is 12.5 Å². The van der Waals surface area contributed by atoms with Crippen LogP contribution in [0.15, 0.2) is 18.2 Å². The maximum Gasteiger partial charge on any atom is 0.274 e. The minimum Gasteiger partial charge on any atom is -0.491 e. The molecule has 0 radical (unpaired) electrons. The molecule has 1 aromatic carbocycles. The average Bonchev–Trinajstić information content (AvgIpc) is 3.01. The van der Waals surface area contributed by atoms with Crippen molar-refractivity contribution in [2.45, 2.75) is 19.9 Å². The quantitative estimate of drug-likeness (QED) is 0.596. The van der Waals surface area contributed by atoms with E-state index in [-0.39, 0.29) is 23.3 Å². The van der Waals surface area contributed by atoms with Crippen LogP contribution >= 0.6 is 0 Å². The summed E-state index contributed by atoms with van der Waals surface area (Å²) in [5.41, 5.74) is 2.68. The van der Waals surface area contributed by atoms with E-state index < -0.39 is 5.91 Å². The molecule has 2 aliphatic heterocycles. The Morgan fingerprint density at radius 2 is 2.04 bits per heavy atom. The summed E-state index contributed by atoms with van der Waals surface area (Å²) in [4.78, 5) is 39.2. The molecule has 1 atom stereocenters. The Hall–Kier alpha value is -2.61. The molecule has 2 N–H and O–H groups in total. The summed E-state index contributed by atoms with van der Waals surface area (Å²) >= 11 is 0. The first-order valence-corrected chi connectivity index (χ1v) is 8.24. The topological polar surface area (TPSA) is 99.2 Å². The number of nitrogens with one attached hydrogen (secondary N) is 1. The molecule has 1 aromatic rings. The highest BCUT2D eigenvalue weighted by atomic mass is 16.5. The third-order valence-electron chi connectivity index (χ3n) is 4.71. The number of hydrogen-bond donors (Lipinski definition) is 2. The van der Waals surface area contributed by atoms with Crippen molar-refractivity contribution in [2.75, 3.05) is 26.2 Å². The predicted molar refractivity (Wildman–Crippen MR) is 87.0 cm³/mol. The Morgan fingerprint density at radius 3 is 2.72 bits per heavy atom. The number of ether oxygens (including phenoxy) is 1. The first-order chi connectivity index (χ1) is 12.0. The molecule has 3 amide bonds. The van der Waals surface area contributed by atoms with Crippen LogP contribution in [0, 0.1) is 5.92 Å². The Morgan fingerprint density at radius 1 is 1.24 bits per heavy atom. The van der Waals surface area contributed by atoms with E-state index in [1.54, 1.807) is 33.5 Å². The molecule has 1 fully saturated rings. The van der Waals surface area contributed by atoms with Crippen molar-refractivity contribution < 1.29 is 24.3 Å². The number of carbonyl (C=O) groups is 3. The lowest BCUT2D eigenvalue weighted by atomic mass is 10.1. The zero-order valence-corrected chi connectivity index (χ0v) is 14.0. The third-order valence-corrected chi connectivity index (χ3v) is 4.71. The molecule has 8 nitrogen and oxygen atoms in total. The molecule has 0 aliphatic carbocycles. The Kier molecular flexibility index (Phi) is 4.89. The number of fused-ring (bicyclic) bond motifs is 1. The zero-order valence-electron chi connectivity index (χ0n) is 14.0. The Bertz CT molecular complexity index is 706. The van der Waals surface area contributed by atoms with E-state index >= 15 is 0 Å². The van der Waals surface area contributed by atoms with E-state index in [2.05, 4.69) is 0 Å². The van der Waals surface area contributed by atoms with Crippen LogP contribution in [0.3, 0.4) is 0 Å². The molecule has 0 aromatic heterocycles. The second kappa shape index (κ2) is 7.10. The number of likely N-dealkylation sites (tertiary alicyclic amines) is 1. The van der Waals surface area contributed by atoms with Crippen LogP contribution in [0.5, 0.6) is 5.75 Å². The lowest BCUT2D eigenvalue weighted by molar-refractivity contribution is -0.136. The minimum absolute atomic E-state index is 0.00506. The van der Waals surface area contributed by atoms with Crippen LogP contribution in [0.4, 0.5) is 0 Å². The van der Waals surface area contributed by atoms with E-state index in [9.17, 15) is 14.4 Å². The van der Waals surface area contributed by atoms with Crippen molar-refractivity contribution in [3.8, 4) is 5.75 Å². The molecule has 8 heteroatoms. The highest BCUT2D eigenvalue weighted by molar-refractivity contribution is 5.93. The van der Waals surface area contributed by atoms with Gasteiger partial charge in [-0.3, -0.25) is 19.6 Å². The van der Waals surface area contributed by atoms with Gasteiger partial charge in [0, 0.05) is 37.7 Å². The summed E-state index contributed by atoms with van der Waals surface area (Å²) in [6.45, 7) is 3.77. The van der Waals surface area contributed by atoms with Crippen LogP contribution in [-0.4, -0.2) is 59.0 Å². The van der Waals surface area contributed by atoms with Crippen LogP contribution in [0.25, 0.3) is 0 Å². The first-order valence-electron chi connectivity index (χ1n) is 8.24. The van der Waals surface area contributed by atoms with E-state index in [1.165, 1.54) is 6.92 Å². The zero-order chi connectivity index (χ0) is 18.0. The summed E-state index contributed by atoms with van der Waals surface area (Å²) in [5.74, 6) is -0.233. The molecular formula is C17H21N3O5. The second-order valence-corrected chi connectivity index (χ2v) is 6.32. The third kappa shape index (κ3) is 3.58. The molecule has 25 heavy (non-hydrogen) atoms.